The Morgan fingerprint density at radius 2 is 1.23 bits per heavy atom. The van der Waals surface area contributed by atoms with Gasteiger partial charge < -0.3 is 19.7 Å². The lowest BCUT2D eigenvalue weighted by Crippen LogP contribution is -2.37. The summed E-state index contributed by atoms with van der Waals surface area (Å²) >= 11 is 0. The molecular formula is C18H18N2O6. The topological polar surface area (TPSA) is 117 Å². The van der Waals surface area contributed by atoms with Crippen LogP contribution < -0.4 is 20.1 Å². The van der Waals surface area contributed by atoms with Crippen LogP contribution in [0.3, 0.4) is 0 Å². The number of para-hydroxylation sites is 2. The number of benzene rings is 2. The minimum Gasteiger partial charge on any atom is -0.410 e. The Labute approximate surface area is 149 Å². The number of rotatable bonds is 5. The van der Waals surface area contributed by atoms with Crippen LogP contribution in [0.4, 0.5) is 9.59 Å². The average molecular weight is 358 g/mol. The molecular weight excluding hydrogens is 340 g/mol. The van der Waals surface area contributed by atoms with E-state index in [9.17, 15) is 19.8 Å². The predicted molar refractivity (Wildman–Crippen MR) is 92.1 cm³/mol. The number of hydrogen-bond acceptors (Lipinski definition) is 6. The highest BCUT2D eigenvalue weighted by Crippen LogP contribution is 2.11. The molecule has 0 radical (unpaired) electrons. The zero-order valence-corrected chi connectivity index (χ0v) is 13.9. The molecule has 26 heavy (non-hydrogen) atoms. The zero-order valence-electron chi connectivity index (χ0n) is 13.9. The largest absolute Gasteiger partial charge is 0.417 e. The molecule has 0 aliphatic carbocycles. The van der Waals surface area contributed by atoms with Crippen LogP contribution in [0.5, 0.6) is 11.5 Å². The van der Waals surface area contributed by atoms with Crippen molar-refractivity contribution in [2.24, 2.45) is 0 Å². The fourth-order valence-electron chi connectivity index (χ4n) is 1.92. The predicted octanol–water partition coefficient (Wildman–Crippen LogP) is 2.11. The van der Waals surface area contributed by atoms with Crippen LogP contribution in [0.25, 0.3) is 0 Å². The maximum Gasteiger partial charge on any atom is 0.417 e. The summed E-state index contributed by atoms with van der Waals surface area (Å²) < 4.78 is 10.0. The van der Waals surface area contributed by atoms with Gasteiger partial charge in [0.2, 0.25) is 0 Å². The van der Waals surface area contributed by atoms with Crippen molar-refractivity contribution in [3.8, 4) is 11.5 Å². The first-order valence-electron chi connectivity index (χ1n) is 7.60. The molecule has 0 aliphatic heterocycles. The fraction of sp³-hybridized carbons (Fsp3) is 0.111. The summed E-state index contributed by atoms with van der Waals surface area (Å²) in [6.45, 7) is 1.36. The summed E-state index contributed by atoms with van der Waals surface area (Å²) in [5, 5.41) is 23.4. The molecule has 2 rings (SSSR count). The van der Waals surface area contributed by atoms with Gasteiger partial charge in [0.05, 0.1) is 5.70 Å². The summed E-state index contributed by atoms with van der Waals surface area (Å²) in [5.41, 5.74) is -0.373. The maximum absolute atomic E-state index is 11.9. The van der Waals surface area contributed by atoms with Gasteiger partial charge in [0.15, 0.2) is 6.29 Å². The lowest BCUT2D eigenvalue weighted by molar-refractivity contribution is -0.0135. The Hall–Kier alpha value is -3.36. The van der Waals surface area contributed by atoms with Crippen LogP contribution in [0.1, 0.15) is 6.92 Å². The molecule has 136 valence electrons. The SMILES string of the molecule is C/C(NC(=O)Oc1ccccc1)=C(/NC(=O)Oc1ccccc1)C(O)O. The first kappa shape index (κ1) is 19.0. The van der Waals surface area contributed by atoms with Gasteiger partial charge in [-0.25, -0.2) is 9.59 Å². The number of carbonyl (C=O) groups excluding carboxylic acids is 2. The van der Waals surface area contributed by atoms with Gasteiger partial charge in [0.25, 0.3) is 0 Å². The van der Waals surface area contributed by atoms with Gasteiger partial charge in [0, 0.05) is 5.70 Å². The molecule has 0 unspecified atom stereocenters. The van der Waals surface area contributed by atoms with Gasteiger partial charge in [-0.05, 0) is 31.2 Å². The second-order valence-corrected chi connectivity index (χ2v) is 5.07. The van der Waals surface area contributed by atoms with Crippen LogP contribution in [-0.2, 0) is 0 Å². The molecule has 0 saturated carbocycles. The zero-order chi connectivity index (χ0) is 18.9. The second kappa shape index (κ2) is 9.21. The molecule has 2 aromatic carbocycles. The van der Waals surface area contributed by atoms with Crippen LogP contribution in [0.2, 0.25) is 0 Å². The Morgan fingerprint density at radius 1 is 0.808 bits per heavy atom. The van der Waals surface area contributed by atoms with E-state index in [4.69, 9.17) is 9.47 Å². The van der Waals surface area contributed by atoms with E-state index in [1.54, 1.807) is 60.7 Å². The van der Waals surface area contributed by atoms with Crippen molar-refractivity contribution in [2.75, 3.05) is 0 Å². The van der Waals surface area contributed by atoms with Crippen molar-refractivity contribution in [2.45, 2.75) is 13.2 Å². The maximum atomic E-state index is 11.9. The standard InChI is InChI=1S/C18H18N2O6/c1-12(19-17(23)25-13-8-4-2-5-9-13)15(16(21)22)20-18(24)26-14-10-6-3-7-11-14/h2-11,16,21-22H,1H3,(H,19,23)(H,20,24)/b15-12-. The van der Waals surface area contributed by atoms with E-state index in [0.717, 1.165) is 0 Å². The number of carbonyl (C=O) groups is 2. The van der Waals surface area contributed by atoms with Crippen molar-refractivity contribution in [1.82, 2.24) is 10.6 Å². The normalized spacial score (nSPS) is 11.4. The van der Waals surface area contributed by atoms with Gasteiger partial charge in [-0.1, -0.05) is 36.4 Å². The van der Waals surface area contributed by atoms with Gasteiger partial charge in [-0.3, -0.25) is 10.6 Å². The van der Waals surface area contributed by atoms with Gasteiger partial charge in [-0.2, -0.15) is 0 Å². The Balaban J connectivity index is 2.01. The van der Waals surface area contributed by atoms with Crippen LogP contribution in [-0.4, -0.2) is 28.7 Å². The number of ether oxygens (including phenoxy) is 2. The molecule has 2 aromatic rings. The highest BCUT2D eigenvalue weighted by atomic mass is 16.6. The fourth-order valence-corrected chi connectivity index (χ4v) is 1.92. The molecule has 0 aliphatic rings. The number of hydrogen-bond donors (Lipinski definition) is 4. The number of aliphatic hydroxyl groups excluding tert-OH is 1. The summed E-state index contributed by atoms with van der Waals surface area (Å²) in [6.07, 6.45) is -3.85. The third-order valence-electron chi connectivity index (χ3n) is 3.10. The third-order valence-corrected chi connectivity index (χ3v) is 3.10. The molecule has 0 spiro atoms. The van der Waals surface area contributed by atoms with E-state index in [1.807, 2.05) is 0 Å². The summed E-state index contributed by atoms with van der Waals surface area (Å²) in [4.78, 5) is 23.7. The van der Waals surface area contributed by atoms with Gasteiger partial charge in [0.1, 0.15) is 11.5 Å². The number of nitrogens with one attached hydrogen (secondary N) is 2. The molecule has 2 amide bonds. The lowest BCUT2D eigenvalue weighted by atomic mass is 10.3. The van der Waals surface area contributed by atoms with E-state index in [0.29, 0.717) is 5.75 Å². The number of amides is 2. The molecule has 0 heterocycles. The highest BCUT2D eigenvalue weighted by Gasteiger charge is 2.18. The minimum atomic E-state index is -2.05. The van der Waals surface area contributed by atoms with Crippen molar-refractivity contribution >= 4 is 12.2 Å². The average Bonchev–Trinajstić information content (AvgIpc) is 2.61. The van der Waals surface area contributed by atoms with E-state index in [-0.39, 0.29) is 17.1 Å². The molecule has 8 heteroatoms. The lowest BCUT2D eigenvalue weighted by Gasteiger charge is -2.16. The van der Waals surface area contributed by atoms with Crippen LogP contribution in [0.15, 0.2) is 72.1 Å². The van der Waals surface area contributed by atoms with E-state index >= 15 is 0 Å². The molecule has 0 bridgehead atoms. The van der Waals surface area contributed by atoms with Crippen molar-refractivity contribution in [3.63, 3.8) is 0 Å². The van der Waals surface area contributed by atoms with Crippen molar-refractivity contribution in [3.05, 3.63) is 72.1 Å². The Bertz CT molecular complexity index is 775. The van der Waals surface area contributed by atoms with Crippen molar-refractivity contribution in [1.29, 1.82) is 0 Å². The van der Waals surface area contributed by atoms with E-state index in [1.165, 1.54) is 6.92 Å². The first-order chi connectivity index (χ1) is 12.5. The number of allylic oxidation sites excluding steroid dienone is 1. The third kappa shape index (κ3) is 5.93. The summed E-state index contributed by atoms with van der Waals surface area (Å²) in [6, 6.07) is 16.5. The monoisotopic (exact) mass is 358 g/mol. The number of aliphatic hydroxyl groups is 2. The Kier molecular flexibility index (Phi) is 6.72. The van der Waals surface area contributed by atoms with Crippen LogP contribution >= 0.6 is 0 Å². The van der Waals surface area contributed by atoms with Crippen LogP contribution in [0, 0.1) is 0 Å². The second-order valence-electron chi connectivity index (χ2n) is 5.07. The molecule has 0 aromatic heterocycles. The molecule has 0 fully saturated rings. The van der Waals surface area contributed by atoms with E-state index < -0.39 is 18.5 Å². The van der Waals surface area contributed by atoms with Gasteiger partial charge >= 0.3 is 12.2 Å². The van der Waals surface area contributed by atoms with Crippen molar-refractivity contribution < 1.29 is 29.3 Å². The quantitative estimate of drug-likeness (QED) is 0.608. The highest BCUT2D eigenvalue weighted by molar-refractivity contribution is 5.75. The molecule has 4 N–H and O–H groups in total. The van der Waals surface area contributed by atoms with Gasteiger partial charge in [-0.15, -0.1) is 0 Å². The minimum absolute atomic E-state index is 0.0223. The molecule has 0 saturated heterocycles. The first-order valence-corrected chi connectivity index (χ1v) is 7.60. The summed E-state index contributed by atoms with van der Waals surface area (Å²) in [5.74, 6) is 0.575. The summed E-state index contributed by atoms with van der Waals surface area (Å²) in [7, 11) is 0. The Morgan fingerprint density at radius 3 is 1.65 bits per heavy atom. The molecule has 8 nitrogen and oxygen atoms in total. The van der Waals surface area contributed by atoms with E-state index in [2.05, 4.69) is 10.6 Å². The smallest absolute Gasteiger partial charge is 0.410 e. The molecule has 0 atom stereocenters.